The number of aromatic nitrogens is 2. The van der Waals surface area contributed by atoms with Gasteiger partial charge in [0.2, 0.25) is 11.8 Å². The lowest BCUT2D eigenvalue weighted by Crippen LogP contribution is -2.17. The summed E-state index contributed by atoms with van der Waals surface area (Å²) < 4.78 is 0. The molecule has 6 nitrogen and oxygen atoms in total. The molecule has 2 N–H and O–H groups in total. The van der Waals surface area contributed by atoms with E-state index in [1.807, 2.05) is 0 Å². The Bertz CT molecular complexity index is 1270. The molecule has 2 heterocycles. The van der Waals surface area contributed by atoms with Gasteiger partial charge in [0.15, 0.2) is 10.3 Å². The summed E-state index contributed by atoms with van der Waals surface area (Å²) in [6, 6.07) is 10.4. The van der Waals surface area contributed by atoms with E-state index in [0.717, 1.165) is 11.1 Å². The van der Waals surface area contributed by atoms with Gasteiger partial charge < -0.3 is 10.6 Å². The molecule has 4 rings (SSSR count). The van der Waals surface area contributed by atoms with Crippen molar-refractivity contribution in [2.24, 2.45) is 0 Å². The Morgan fingerprint density at radius 1 is 0.676 bits per heavy atom. The molecular weight excluding hydrogens is 558 g/mol. The van der Waals surface area contributed by atoms with E-state index in [1.165, 1.54) is 22.7 Å². The molecule has 0 bridgehead atoms. The smallest absolute Gasteiger partial charge is 0.226 e. The van der Waals surface area contributed by atoms with Crippen molar-refractivity contribution >= 4 is 91.2 Å². The van der Waals surface area contributed by atoms with Crippen molar-refractivity contribution in [3.05, 3.63) is 67.2 Å². The van der Waals surface area contributed by atoms with Crippen LogP contribution in [0.5, 0.6) is 0 Å². The summed E-state index contributed by atoms with van der Waals surface area (Å²) in [5.41, 5.74) is 2.90. The Hall–Kier alpha value is -2.20. The first kappa shape index (κ1) is 24.9. The molecule has 2 aromatic carbocycles. The van der Waals surface area contributed by atoms with E-state index in [4.69, 9.17) is 46.4 Å². The van der Waals surface area contributed by atoms with E-state index in [9.17, 15) is 9.59 Å². The van der Waals surface area contributed by atoms with E-state index < -0.39 is 0 Å². The predicted molar refractivity (Wildman–Crippen MR) is 142 cm³/mol. The van der Waals surface area contributed by atoms with Gasteiger partial charge in [-0.3, -0.25) is 9.59 Å². The van der Waals surface area contributed by atoms with Gasteiger partial charge in [-0.2, -0.15) is 0 Å². The fourth-order valence-electron chi connectivity index (χ4n) is 2.83. The number of carbonyl (C=O) groups excluding carboxylic acids is 2. The summed E-state index contributed by atoms with van der Waals surface area (Å²) in [6.07, 6.45) is -0.00289. The molecule has 0 aliphatic carbocycles. The highest BCUT2D eigenvalue weighted by Crippen LogP contribution is 2.32. The van der Waals surface area contributed by atoms with Gasteiger partial charge in [-0.1, -0.05) is 58.5 Å². The minimum atomic E-state index is -0.319. The van der Waals surface area contributed by atoms with Gasteiger partial charge in [0.1, 0.15) is 0 Å². The number of rotatable bonds is 7. The number of hydrogen-bond acceptors (Lipinski definition) is 6. The Morgan fingerprint density at radius 3 is 1.47 bits per heavy atom. The monoisotopic (exact) mass is 570 g/mol. The molecule has 0 aliphatic heterocycles. The summed E-state index contributed by atoms with van der Waals surface area (Å²) in [5.74, 6) is -0.637. The highest BCUT2D eigenvalue weighted by atomic mass is 35.5. The molecule has 0 unspecified atom stereocenters. The van der Waals surface area contributed by atoms with Crippen molar-refractivity contribution in [3.63, 3.8) is 0 Å². The van der Waals surface area contributed by atoms with E-state index in [-0.39, 0.29) is 24.7 Å². The molecule has 34 heavy (non-hydrogen) atoms. The first-order valence-corrected chi connectivity index (χ1v) is 13.0. The van der Waals surface area contributed by atoms with E-state index in [1.54, 1.807) is 47.2 Å². The van der Waals surface area contributed by atoms with Crippen molar-refractivity contribution in [3.8, 4) is 22.5 Å². The number of nitrogens with one attached hydrogen (secondary N) is 2. The highest BCUT2D eigenvalue weighted by Gasteiger charge is 2.13. The standard InChI is InChI=1S/C22H14Cl4N4O2S2/c23-13-3-1-11(7-15(13)25)17-9-33-21(27-17)29-19(31)5-6-20(32)30-22-28-18(10-34-22)12-2-4-14(24)16(26)8-12/h1-4,7-10H,5-6H2,(H,27,29,31)(H,28,30,32). The second-order valence-electron chi connectivity index (χ2n) is 6.93. The van der Waals surface area contributed by atoms with E-state index >= 15 is 0 Å². The van der Waals surface area contributed by atoms with Crippen LogP contribution in [0.15, 0.2) is 47.2 Å². The Morgan fingerprint density at radius 2 is 1.09 bits per heavy atom. The Balaban J connectivity index is 1.28. The van der Waals surface area contributed by atoms with E-state index in [2.05, 4.69) is 20.6 Å². The van der Waals surface area contributed by atoms with Crippen LogP contribution in [0.3, 0.4) is 0 Å². The fourth-order valence-corrected chi connectivity index (χ4v) is 4.90. The zero-order valence-electron chi connectivity index (χ0n) is 17.1. The molecule has 174 valence electrons. The van der Waals surface area contributed by atoms with Gasteiger partial charge in [-0.05, 0) is 24.3 Å². The molecular formula is C22H14Cl4N4O2S2. The molecule has 0 spiro atoms. The number of amides is 2. The van der Waals surface area contributed by atoms with Crippen molar-refractivity contribution in [1.82, 2.24) is 9.97 Å². The highest BCUT2D eigenvalue weighted by molar-refractivity contribution is 7.14. The quantitative estimate of drug-likeness (QED) is 0.236. The Labute approximate surface area is 222 Å². The number of carbonyl (C=O) groups is 2. The normalized spacial score (nSPS) is 10.8. The molecule has 2 amide bonds. The number of anilines is 2. The lowest BCUT2D eigenvalue weighted by atomic mass is 10.2. The SMILES string of the molecule is O=C(CCC(=O)Nc1nc(-c2ccc(Cl)c(Cl)c2)cs1)Nc1nc(-c2ccc(Cl)c(Cl)c2)cs1. The van der Waals surface area contributed by atoms with E-state index in [0.29, 0.717) is 41.7 Å². The number of nitrogens with zero attached hydrogens (tertiary/aromatic N) is 2. The maximum atomic E-state index is 12.3. The van der Waals surface area contributed by atoms with Crippen molar-refractivity contribution in [1.29, 1.82) is 0 Å². The molecule has 0 fully saturated rings. The van der Waals surface area contributed by atoms with Crippen LogP contribution in [0.1, 0.15) is 12.8 Å². The van der Waals surface area contributed by atoms with Gasteiger partial charge in [0.05, 0.1) is 31.5 Å². The second-order valence-corrected chi connectivity index (χ2v) is 10.3. The molecule has 0 radical (unpaired) electrons. The van der Waals surface area contributed by atoms with Crippen molar-refractivity contribution in [2.75, 3.05) is 10.6 Å². The largest absolute Gasteiger partial charge is 0.302 e. The molecule has 0 atom stereocenters. The van der Waals surface area contributed by atoms with Crippen LogP contribution >= 0.6 is 69.1 Å². The minimum absolute atomic E-state index is 0.00144. The van der Waals surface area contributed by atoms with Crippen LogP contribution in [0.25, 0.3) is 22.5 Å². The third kappa shape index (κ3) is 6.27. The summed E-state index contributed by atoms with van der Waals surface area (Å²) in [7, 11) is 0. The molecule has 0 saturated carbocycles. The van der Waals surface area contributed by atoms with Gasteiger partial charge in [0, 0.05) is 34.7 Å². The lowest BCUT2D eigenvalue weighted by molar-refractivity contribution is -0.121. The number of thiazole rings is 2. The average molecular weight is 572 g/mol. The summed E-state index contributed by atoms with van der Waals surface area (Å²) in [6.45, 7) is 0. The van der Waals surface area contributed by atoms with Crippen LogP contribution in [0.4, 0.5) is 10.3 Å². The zero-order chi connectivity index (χ0) is 24.2. The van der Waals surface area contributed by atoms with Crippen molar-refractivity contribution < 1.29 is 9.59 Å². The van der Waals surface area contributed by atoms with Crippen LogP contribution in [0.2, 0.25) is 20.1 Å². The van der Waals surface area contributed by atoms with Gasteiger partial charge in [0.25, 0.3) is 0 Å². The predicted octanol–water partition coefficient (Wildman–Crippen LogP) is 7.90. The van der Waals surface area contributed by atoms with Crippen LogP contribution < -0.4 is 10.6 Å². The molecule has 4 aromatic rings. The van der Waals surface area contributed by atoms with Crippen molar-refractivity contribution in [2.45, 2.75) is 12.8 Å². The third-order valence-corrected chi connectivity index (χ3v) is 7.50. The topological polar surface area (TPSA) is 84.0 Å². The van der Waals surface area contributed by atoms with Gasteiger partial charge >= 0.3 is 0 Å². The maximum absolute atomic E-state index is 12.3. The number of halogens is 4. The first-order chi connectivity index (χ1) is 16.3. The van der Waals surface area contributed by atoms with Crippen LogP contribution in [-0.4, -0.2) is 21.8 Å². The van der Waals surface area contributed by atoms with Gasteiger partial charge in [-0.25, -0.2) is 9.97 Å². The molecule has 2 aromatic heterocycles. The summed E-state index contributed by atoms with van der Waals surface area (Å²) >= 11 is 26.5. The second kappa shape index (κ2) is 11.0. The minimum Gasteiger partial charge on any atom is -0.302 e. The molecule has 0 saturated heterocycles. The fraction of sp³-hybridized carbons (Fsp3) is 0.0909. The van der Waals surface area contributed by atoms with Gasteiger partial charge in [-0.15, -0.1) is 22.7 Å². The summed E-state index contributed by atoms with van der Waals surface area (Å²) in [5, 5.41) is 11.6. The lowest BCUT2D eigenvalue weighted by Gasteiger charge is -2.03. The van der Waals surface area contributed by atoms with Crippen LogP contribution in [-0.2, 0) is 9.59 Å². The first-order valence-electron chi connectivity index (χ1n) is 9.70. The van der Waals surface area contributed by atoms with Crippen LogP contribution in [0, 0.1) is 0 Å². The maximum Gasteiger partial charge on any atom is 0.226 e. The molecule has 12 heteroatoms. The third-order valence-electron chi connectivity index (χ3n) is 4.51. The summed E-state index contributed by atoms with van der Waals surface area (Å²) in [4.78, 5) is 33.3. The number of benzene rings is 2. The molecule has 0 aliphatic rings. The zero-order valence-corrected chi connectivity index (χ0v) is 21.7. The average Bonchev–Trinajstić information content (AvgIpc) is 3.46. The Kier molecular flexibility index (Phi) is 8.08. The number of hydrogen-bond donors (Lipinski definition) is 2.